The van der Waals surface area contributed by atoms with E-state index in [1.807, 2.05) is 24.3 Å². The van der Waals surface area contributed by atoms with Gasteiger partial charge in [0.25, 0.3) is 0 Å². The van der Waals surface area contributed by atoms with Crippen molar-refractivity contribution in [1.82, 2.24) is 0 Å². The molecule has 4 heteroatoms. The first-order valence-corrected chi connectivity index (χ1v) is 10.8. The Labute approximate surface area is 177 Å². The minimum Gasteiger partial charge on any atom is -0.451 e. The van der Waals surface area contributed by atoms with Crippen LogP contribution in [0.3, 0.4) is 0 Å². The summed E-state index contributed by atoms with van der Waals surface area (Å²) in [6.07, 6.45) is 6.66. The van der Waals surface area contributed by atoms with Crippen molar-refractivity contribution in [3.05, 3.63) is 72.0 Å². The lowest BCUT2D eigenvalue weighted by Gasteiger charge is -2.23. The predicted octanol–water partition coefficient (Wildman–Crippen LogP) is 8.26. The van der Waals surface area contributed by atoms with Gasteiger partial charge in [-0.05, 0) is 48.6 Å². The van der Waals surface area contributed by atoms with Gasteiger partial charge in [0.2, 0.25) is 0 Å². The molecule has 0 N–H and O–H groups in total. The Kier molecular flexibility index (Phi) is 4.75. The van der Waals surface area contributed by atoms with E-state index in [4.69, 9.17) is 4.42 Å². The molecule has 5 rings (SSSR count). The highest BCUT2D eigenvalue weighted by Gasteiger charge is 2.19. The van der Waals surface area contributed by atoms with E-state index in [0.29, 0.717) is 17.1 Å². The minimum absolute atomic E-state index is 0.322. The number of halogens is 2. The van der Waals surface area contributed by atoms with Crippen molar-refractivity contribution in [1.29, 1.82) is 0 Å². The lowest BCUT2D eigenvalue weighted by atomic mass is 9.84. The van der Waals surface area contributed by atoms with Crippen molar-refractivity contribution in [3.8, 4) is 0 Å². The number of para-hydroxylation sites is 2. The first kappa shape index (κ1) is 18.0. The highest BCUT2D eigenvalue weighted by molar-refractivity contribution is 14.1. The zero-order valence-corrected chi connectivity index (χ0v) is 17.7. The minimum atomic E-state index is -0.323. The van der Waals surface area contributed by atoms with Crippen LogP contribution in [-0.2, 0) is 0 Å². The summed E-state index contributed by atoms with van der Waals surface area (Å²) in [4.78, 5) is 0. The number of rotatable bonds is 3. The van der Waals surface area contributed by atoms with Crippen LogP contribution in [0.1, 0.15) is 43.6 Å². The van der Waals surface area contributed by atoms with Crippen molar-refractivity contribution in [2.24, 2.45) is 0 Å². The number of anilines is 2. The summed E-state index contributed by atoms with van der Waals surface area (Å²) in [7, 11) is 0. The molecule has 1 fully saturated rings. The Morgan fingerprint density at radius 1 is 0.821 bits per heavy atom. The van der Waals surface area contributed by atoms with Crippen molar-refractivity contribution in [2.75, 3.05) is 3.11 Å². The summed E-state index contributed by atoms with van der Waals surface area (Å²) in [5.74, 6) is 0.378. The molecule has 0 amide bonds. The number of hydrogen-bond acceptors (Lipinski definition) is 2. The van der Waals surface area contributed by atoms with E-state index in [1.165, 1.54) is 43.7 Å². The maximum Gasteiger partial charge on any atom is 0.171 e. The Morgan fingerprint density at radius 2 is 1.50 bits per heavy atom. The fourth-order valence-corrected chi connectivity index (χ4v) is 5.08. The molecule has 4 aromatic rings. The van der Waals surface area contributed by atoms with Crippen LogP contribution in [0.4, 0.5) is 15.8 Å². The average molecular weight is 485 g/mol. The Bertz CT molecular complexity index is 1130. The Morgan fingerprint density at radius 3 is 2.25 bits per heavy atom. The van der Waals surface area contributed by atoms with Gasteiger partial charge in [0.15, 0.2) is 17.0 Å². The van der Waals surface area contributed by atoms with Gasteiger partial charge in [0.05, 0.1) is 34.2 Å². The van der Waals surface area contributed by atoms with Gasteiger partial charge in [0, 0.05) is 10.8 Å². The molecule has 0 unspecified atom stereocenters. The summed E-state index contributed by atoms with van der Waals surface area (Å²) in [6, 6.07) is 20.0. The van der Waals surface area contributed by atoms with E-state index in [1.54, 1.807) is 6.07 Å². The molecule has 142 valence electrons. The van der Waals surface area contributed by atoms with Crippen LogP contribution in [0.15, 0.2) is 65.1 Å². The predicted molar refractivity (Wildman–Crippen MR) is 122 cm³/mol. The number of furan rings is 1. The van der Waals surface area contributed by atoms with Crippen LogP contribution < -0.4 is 3.11 Å². The smallest absolute Gasteiger partial charge is 0.171 e. The molecule has 1 aliphatic carbocycles. The fraction of sp³-hybridized carbons (Fsp3) is 0.250. The van der Waals surface area contributed by atoms with Gasteiger partial charge in [-0.1, -0.05) is 55.7 Å². The van der Waals surface area contributed by atoms with Gasteiger partial charge in [-0.3, -0.25) is 3.11 Å². The van der Waals surface area contributed by atoms with Crippen LogP contribution in [-0.4, -0.2) is 0 Å². The highest BCUT2D eigenvalue weighted by atomic mass is 127. The van der Waals surface area contributed by atoms with Gasteiger partial charge in [-0.15, -0.1) is 0 Å². The molecule has 0 atom stereocenters. The zero-order valence-electron chi connectivity index (χ0n) is 15.5. The normalized spacial score (nSPS) is 15.4. The van der Waals surface area contributed by atoms with Crippen molar-refractivity contribution < 1.29 is 8.81 Å². The summed E-state index contributed by atoms with van der Waals surface area (Å²) in [6.45, 7) is 0. The molecule has 0 aliphatic heterocycles. The summed E-state index contributed by atoms with van der Waals surface area (Å²) in [5, 5.41) is 1.75. The number of benzene rings is 3. The van der Waals surface area contributed by atoms with Gasteiger partial charge in [0.1, 0.15) is 0 Å². The lowest BCUT2D eigenvalue weighted by molar-refractivity contribution is 0.443. The van der Waals surface area contributed by atoms with E-state index in [2.05, 4.69) is 50.2 Å². The van der Waals surface area contributed by atoms with E-state index in [0.717, 1.165) is 22.1 Å². The molecular weight excluding hydrogens is 464 g/mol. The van der Waals surface area contributed by atoms with E-state index in [-0.39, 0.29) is 5.82 Å². The molecule has 1 saturated carbocycles. The maximum atomic E-state index is 14.2. The molecule has 2 nitrogen and oxygen atoms in total. The monoisotopic (exact) mass is 485 g/mol. The zero-order chi connectivity index (χ0) is 19.1. The first-order chi connectivity index (χ1) is 13.7. The van der Waals surface area contributed by atoms with Crippen molar-refractivity contribution in [3.63, 3.8) is 0 Å². The van der Waals surface area contributed by atoms with Gasteiger partial charge >= 0.3 is 0 Å². The summed E-state index contributed by atoms with van der Waals surface area (Å²) >= 11 is 2.30. The molecule has 0 saturated heterocycles. The van der Waals surface area contributed by atoms with Crippen LogP contribution in [0, 0.1) is 5.82 Å². The van der Waals surface area contributed by atoms with E-state index < -0.39 is 0 Å². The second-order valence-corrected chi connectivity index (χ2v) is 8.54. The molecule has 1 aromatic heterocycles. The van der Waals surface area contributed by atoms with Crippen LogP contribution in [0.25, 0.3) is 21.9 Å². The first-order valence-electron chi connectivity index (χ1n) is 9.88. The Hall–Kier alpha value is -2.08. The Balaban J connectivity index is 1.52. The summed E-state index contributed by atoms with van der Waals surface area (Å²) < 4.78 is 22.2. The standard InChI is InChI=1S/C24H21FINO/c25-21-10-4-8-19-20-9-5-11-22(24(20)28-23(19)21)27(26)18-14-12-17(13-15-18)16-6-2-1-3-7-16/h4-5,8-16H,1-3,6-7H2. The van der Waals surface area contributed by atoms with Crippen LogP contribution >= 0.6 is 22.9 Å². The van der Waals surface area contributed by atoms with Crippen molar-refractivity contribution >= 4 is 56.2 Å². The molecule has 3 aromatic carbocycles. The molecule has 1 aliphatic rings. The lowest BCUT2D eigenvalue weighted by Crippen LogP contribution is -2.05. The fourth-order valence-electron chi connectivity index (χ4n) is 4.38. The third-order valence-electron chi connectivity index (χ3n) is 5.86. The van der Waals surface area contributed by atoms with Gasteiger partial charge < -0.3 is 4.42 Å². The third kappa shape index (κ3) is 3.08. The third-order valence-corrected chi connectivity index (χ3v) is 6.94. The SMILES string of the molecule is Fc1cccc2c1oc1c(N(I)c3ccc(C4CCCCC4)cc3)cccc12. The highest BCUT2D eigenvalue weighted by Crippen LogP contribution is 2.41. The van der Waals surface area contributed by atoms with Crippen LogP contribution in [0.2, 0.25) is 0 Å². The van der Waals surface area contributed by atoms with E-state index in [9.17, 15) is 4.39 Å². The second-order valence-electron chi connectivity index (χ2n) is 7.58. The van der Waals surface area contributed by atoms with Gasteiger partial charge in [-0.2, -0.15) is 0 Å². The second kappa shape index (κ2) is 7.39. The maximum absolute atomic E-state index is 14.2. The van der Waals surface area contributed by atoms with E-state index >= 15 is 0 Å². The molecule has 0 bridgehead atoms. The molecule has 1 heterocycles. The summed E-state index contributed by atoms with van der Waals surface area (Å²) in [5.41, 5.74) is 4.50. The molecule has 0 radical (unpaired) electrons. The molecular formula is C24H21FINO. The van der Waals surface area contributed by atoms with Gasteiger partial charge in [-0.25, -0.2) is 4.39 Å². The molecule has 0 spiro atoms. The number of hydrogen-bond donors (Lipinski definition) is 0. The van der Waals surface area contributed by atoms with Crippen molar-refractivity contribution in [2.45, 2.75) is 38.0 Å². The van der Waals surface area contributed by atoms with Crippen LogP contribution in [0.5, 0.6) is 0 Å². The number of fused-ring (bicyclic) bond motifs is 3. The number of nitrogens with zero attached hydrogens (tertiary/aromatic N) is 1. The molecule has 28 heavy (non-hydrogen) atoms. The largest absolute Gasteiger partial charge is 0.451 e. The average Bonchev–Trinajstić information content (AvgIpc) is 3.14. The quantitative estimate of drug-likeness (QED) is 0.215. The topological polar surface area (TPSA) is 16.4 Å².